The lowest BCUT2D eigenvalue weighted by molar-refractivity contribution is -0.145. The summed E-state index contributed by atoms with van der Waals surface area (Å²) in [6, 6.07) is 0. The Labute approximate surface area is 109 Å². The Morgan fingerprint density at radius 2 is 1.68 bits per heavy atom. The summed E-state index contributed by atoms with van der Waals surface area (Å²) >= 11 is 0. The van der Waals surface area contributed by atoms with Crippen molar-refractivity contribution in [3.05, 3.63) is 12.2 Å². The van der Waals surface area contributed by atoms with Gasteiger partial charge in [0.1, 0.15) is 0 Å². The van der Waals surface area contributed by atoms with Crippen molar-refractivity contribution in [2.75, 3.05) is 6.54 Å². The van der Waals surface area contributed by atoms with Gasteiger partial charge in [0.2, 0.25) is 0 Å². The maximum atomic E-state index is 11.4. The van der Waals surface area contributed by atoms with Crippen LogP contribution in [0.5, 0.6) is 0 Å². The van der Waals surface area contributed by atoms with Gasteiger partial charge in [-0.25, -0.2) is 4.79 Å². The Balaban J connectivity index is 5.79. The fourth-order valence-corrected chi connectivity index (χ4v) is 3.86. The molecule has 0 atom stereocenters. The van der Waals surface area contributed by atoms with Gasteiger partial charge in [-0.2, -0.15) is 0 Å². The number of hydrogen-bond acceptors (Lipinski definition) is 5. The molecule has 112 valence electrons. The Bertz CT molecular complexity index is 428. The highest BCUT2D eigenvalue weighted by atomic mass is 31.2. The van der Waals surface area contributed by atoms with E-state index in [2.05, 4.69) is 11.3 Å². The van der Waals surface area contributed by atoms with Crippen LogP contribution in [0.15, 0.2) is 12.2 Å². The van der Waals surface area contributed by atoms with E-state index in [4.69, 9.17) is 5.73 Å². The molecular weight excluding hydrogens is 300 g/mol. The maximum absolute atomic E-state index is 11.4. The van der Waals surface area contributed by atoms with E-state index < -0.39 is 32.7 Å². The van der Waals surface area contributed by atoms with Crippen LogP contribution in [-0.4, -0.2) is 37.2 Å². The highest BCUT2D eigenvalue weighted by Crippen LogP contribution is 2.71. The molecule has 0 amide bonds. The van der Waals surface area contributed by atoms with Gasteiger partial charge in [-0.3, -0.25) is 9.13 Å². The molecule has 0 aliphatic carbocycles. The van der Waals surface area contributed by atoms with Crippen molar-refractivity contribution in [2.45, 2.75) is 24.8 Å². The molecule has 0 aromatic rings. The van der Waals surface area contributed by atoms with Crippen LogP contribution in [0.2, 0.25) is 0 Å². The second kappa shape index (κ2) is 6.28. The molecule has 9 nitrogen and oxygen atoms in total. The van der Waals surface area contributed by atoms with E-state index >= 15 is 0 Å². The normalized spacial score (nSPS) is 13.2. The molecule has 0 aromatic carbocycles. The highest BCUT2D eigenvalue weighted by molar-refractivity contribution is 7.72. The molecule has 0 aliphatic heterocycles. The van der Waals surface area contributed by atoms with E-state index in [1.165, 1.54) is 6.92 Å². The molecule has 11 heteroatoms. The second-order valence-corrected chi connectivity index (χ2v) is 7.87. The number of nitrogens with two attached hydrogens (primary N) is 1. The number of carbonyl (C=O) groups is 1. The van der Waals surface area contributed by atoms with Crippen molar-refractivity contribution >= 4 is 21.2 Å². The first kappa shape index (κ1) is 18.5. The van der Waals surface area contributed by atoms with Gasteiger partial charge in [-0.1, -0.05) is 6.58 Å². The first-order chi connectivity index (χ1) is 8.39. The van der Waals surface area contributed by atoms with Crippen molar-refractivity contribution in [3.8, 4) is 0 Å². The van der Waals surface area contributed by atoms with Gasteiger partial charge < -0.3 is 30.0 Å². The van der Waals surface area contributed by atoms with Crippen molar-refractivity contribution < 1.29 is 38.2 Å². The summed E-state index contributed by atoms with van der Waals surface area (Å²) in [5.74, 6) is -1.30. The number of rotatable bonds is 7. The molecule has 0 aliphatic rings. The number of ether oxygens (including phenoxy) is 1. The first-order valence-corrected chi connectivity index (χ1v) is 8.31. The summed E-state index contributed by atoms with van der Waals surface area (Å²) in [6.45, 7) is 4.26. The van der Waals surface area contributed by atoms with Crippen molar-refractivity contribution in [2.24, 2.45) is 5.73 Å². The molecular formula is C8H17NO8P2. The van der Waals surface area contributed by atoms with Gasteiger partial charge in [0, 0.05) is 12.0 Å². The molecule has 0 fully saturated rings. The molecule has 0 unspecified atom stereocenters. The third kappa shape index (κ3) is 4.22. The quantitative estimate of drug-likeness (QED) is 0.243. The van der Waals surface area contributed by atoms with Crippen LogP contribution in [0.3, 0.4) is 0 Å². The monoisotopic (exact) mass is 317 g/mol. The minimum Gasteiger partial charge on any atom is -0.429 e. The number of esters is 1. The van der Waals surface area contributed by atoms with Crippen molar-refractivity contribution in [1.29, 1.82) is 0 Å². The highest BCUT2D eigenvalue weighted by Gasteiger charge is 2.63. The molecule has 0 bridgehead atoms. The Kier molecular flexibility index (Phi) is 6.10. The van der Waals surface area contributed by atoms with Crippen LogP contribution in [0, 0.1) is 0 Å². The van der Waals surface area contributed by atoms with Crippen LogP contribution in [0.1, 0.15) is 19.8 Å². The van der Waals surface area contributed by atoms with Crippen LogP contribution >= 0.6 is 15.2 Å². The minimum absolute atomic E-state index is 0.0909. The van der Waals surface area contributed by atoms with E-state index in [1.54, 1.807) is 0 Å². The number of hydrogen-bond donors (Lipinski definition) is 5. The standard InChI is InChI=1S/C8H17NO8P2/c1-6(2)7(10)17-8(4-3-5-9,18(11,12)13)19(14,15)16/h1,3-5,9H2,2H3,(H2,11,12,13)(H2,14,15,16). The molecule has 0 saturated carbocycles. The lowest BCUT2D eigenvalue weighted by Crippen LogP contribution is -2.36. The van der Waals surface area contributed by atoms with Crippen LogP contribution in [0.25, 0.3) is 0 Å². The average Bonchev–Trinajstić information content (AvgIpc) is 2.19. The van der Waals surface area contributed by atoms with Gasteiger partial charge in [0.25, 0.3) is 0 Å². The predicted octanol–water partition coefficient (Wildman–Crippen LogP) is -0.146. The molecule has 6 N–H and O–H groups in total. The molecule has 0 heterocycles. The topological polar surface area (TPSA) is 167 Å². The summed E-state index contributed by atoms with van der Waals surface area (Å²) < 4.78 is 27.2. The van der Waals surface area contributed by atoms with E-state index in [9.17, 15) is 33.5 Å². The maximum Gasteiger partial charge on any atom is 0.381 e. The minimum atomic E-state index is -5.45. The van der Waals surface area contributed by atoms with Crippen LogP contribution in [-0.2, 0) is 18.7 Å². The summed E-state index contributed by atoms with van der Waals surface area (Å²) in [4.78, 5) is 48.1. The molecule has 0 rings (SSSR count). The Morgan fingerprint density at radius 1 is 1.26 bits per heavy atom. The molecule has 19 heavy (non-hydrogen) atoms. The predicted molar refractivity (Wildman–Crippen MR) is 66.0 cm³/mol. The lowest BCUT2D eigenvalue weighted by atomic mass is 10.3. The zero-order chi connectivity index (χ0) is 15.5. The van der Waals surface area contributed by atoms with E-state index in [-0.39, 0.29) is 18.5 Å². The fraction of sp³-hybridized carbons (Fsp3) is 0.625. The lowest BCUT2D eigenvalue weighted by Gasteiger charge is -2.33. The van der Waals surface area contributed by atoms with E-state index in [0.29, 0.717) is 0 Å². The molecule has 0 saturated heterocycles. The first-order valence-electron chi connectivity index (χ1n) is 5.09. The zero-order valence-electron chi connectivity index (χ0n) is 10.2. The largest absolute Gasteiger partial charge is 0.429 e. The van der Waals surface area contributed by atoms with Crippen LogP contribution < -0.4 is 5.73 Å². The average molecular weight is 317 g/mol. The Morgan fingerprint density at radius 3 is 1.95 bits per heavy atom. The summed E-state index contributed by atoms with van der Waals surface area (Å²) in [6.07, 6.45) is -0.920. The third-order valence-electron chi connectivity index (χ3n) is 2.22. The van der Waals surface area contributed by atoms with Crippen molar-refractivity contribution in [1.82, 2.24) is 0 Å². The van der Waals surface area contributed by atoms with Crippen LogP contribution in [0.4, 0.5) is 0 Å². The summed E-state index contributed by atoms with van der Waals surface area (Å²) in [5, 5.41) is -3.23. The summed E-state index contributed by atoms with van der Waals surface area (Å²) in [5.41, 5.74) is 4.90. The van der Waals surface area contributed by atoms with Gasteiger partial charge in [-0.15, -0.1) is 0 Å². The SMILES string of the molecule is C=C(C)C(=O)OC(CCCN)(P(=O)(O)O)P(=O)(O)O. The number of carbonyl (C=O) groups excluding carboxylic acids is 1. The Hall–Kier alpha value is -0.530. The van der Waals surface area contributed by atoms with E-state index in [1.807, 2.05) is 0 Å². The van der Waals surface area contributed by atoms with E-state index in [0.717, 1.165) is 0 Å². The zero-order valence-corrected chi connectivity index (χ0v) is 12.0. The van der Waals surface area contributed by atoms with Crippen molar-refractivity contribution in [3.63, 3.8) is 0 Å². The van der Waals surface area contributed by atoms with Gasteiger partial charge in [0.15, 0.2) is 0 Å². The van der Waals surface area contributed by atoms with Gasteiger partial charge in [0.05, 0.1) is 0 Å². The second-order valence-electron chi connectivity index (χ2n) is 3.89. The van der Waals surface area contributed by atoms with Gasteiger partial charge >= 0.3 is 26.2 Å². The third-order valence-corrected chi connectivity index (χ3v) is 6.24. The molecule has 0 radical (unpaired) electrons. The fourth-order valence-electron chi connectivity index (χ4n) is 1.20. The smallest absolute Gasteiger partial charge is 0.381 e. The van der Waals surface area contributed by atoms with Gasteiger partial charge in [-0.05, 0) is 19.9 Å². The molecule has 0 spiro atoms. The molecule has 0 aromatic heterocycles. The summed E-state index contributed by atoms with van der Waals surface area (Å²) in [7, 11) is -10.9.